The lowest BCUT2D eigenvalue weighted by molar-refractivity contribution is -0.123. The van der Waals surface area contributed by atoms with Crippen LogP contribution in [0.3, 0.4) is 0 Å². The summed E-state index contributed by atoms with van der Waals surface area (Å²) in [4.78, 5) is 17.4. The highest BCUT2D eigenvalue weighted by Gasteiger charge is 2.21. The molecule has 0 aromatic heterocycles. The Kier molecular flexibility index (Phi) is 5.97. The van der Waals surface area contributed by atoms with E-state index in [1.54, 1.807) is 0 Å². The summed E-state index contributed by atoms with van der Waals surface area (Å²) in [6.45, 7) is 7.35. The Morgan fingerprint density at radius 3 is 2.56 bits per heavy atom. The van der Waals surface area contributed by atoms with Crippen LogP contribution in [0, 0.1) is 0 Å². The second kappa shape index (κ2) is 9.18. The van der Waals surface area contributed by atoms with Crippen LogP contribution in [0.2, 0.25) is 0 Å². The molecule has 0 bridgehead atoms. The quantitative estimate of drug-likeness (QED) is 0.647. The van der Waals surface area contributed by atoms with Crippen molar-refractivity contribution in [2.45, 2.75) is 19.5 Å². The second-order valence-electron chi connectivity index (χ2n) is 8.60. The molecule has 32 heavy (non-hydrogen) atoms. The van der Waals surface area contributed by atoms with Crippen molar-refractivity contribution in [3.05, 3.63) is 71.8 Å². The summed E-state index contributed by atoms with van der Waals surface area (Å²) in [5.41, 5.74) is 2.38. The molecule has 6 nitrogen and oxygen atoms in total. The number of hydrogen-bond donors (Lipinski definition) is 1. The van der Waals surface area contributed by atoms with Gasteiger partial charge in [0.2, 0.25) is 12.7 Å². The van der Waals surface area contributed by atoms with Gasteiger partial charge in [-0.05, 0) is 41.0 Å². The van der Waals surface area contributed by atoms with Gasteiger partial charge in [-0.1, -0.05) is 48.5 Å². The summed E-state index contributed by atoms with van der Waals surface area (Å²) in [7, 11) is 0. The molecule has 1 atom stereocenters. The summed E-state index contributed by atoms with van der Waals surface area (Å²) >= 11 is 0. The van der Waals surface area contributed by atoms with Gasteiger partial charge in [0.05, 0.1) is 12.6 Å². The fourth-order valence-corrected chi connectivity index (χ4v) is 4.60. The maximum atomic E-state index is 12.7. The van der Waals surface area contributed by atoms with E-state index in [0.717, 1.165) is 49.8 Å². The number of piperazine rings is 1. The lowest BCUT2D eigenvalue weighted by atomic mass is 10.00. The summed E-state index contributed by atoms with van der Waals surface area (Å²) < 4.78 is 10.9. The summed E-state index contributed by atoms with van der Waals surface area (Å²) in [6, 6.07) is 20.7. The number of rotatable bonds is 6. The third kappa shape index (κ3) is 4.56. The fraction of sp³-hybridized carbons (Fsp3) is 0.346. The lowest BCUT2D eigenvalue weighted by Crippen LogP contribution is -2.49. The third-order valence-corrected chi connectivity index (χ3v) is 6.34. The molecule has 3 aromatic rings. The van der Waals surface area contributed by atoms with E-state index in [0.29, 0.717) is 13.3 Å². The van der Waals surface area contributed by atoms with Crippen LogP contribution in [-0.2, 0) is 11.3 Å². The molecule has 5 rings (SSSR count). The Labute approximate surface area is 188 Å². The van der Waals surface area contributed by atoms with Gasteiger partial charge in [-0.25, -0.2) is 0 Å². The van der Waals surface area contributed by atoms with Gasteiger partial charge in [-0.2, -0.15) is 0 Å². The van der Waals surface area contributed by atoms with E-state index in [1.165, 1.54) is 16.3 Å². The van der Waals surface area contributed by atoms with Crippen molar-refractivity contribution in [2.75, 3.05) is 39.5 Å². The zero-order valence-electron chi connectivity index (χ0n) is 18.4. The normalized spacial score (nSPS) is 17.4. The van der Waals surface area contributed by atoms with Crippen molar-refractivity contribution in [3.63, 3.8) is 0 Å². The number of ether oxygens (including phenoxy) is 2. The van der Waals surface area contributed by atoms with Crippen LogP contribution < -0.4 is 14.8 Å². The van der Waals surface area contributed by atoms with Crippen molar-refractivity contribution < 1.29 is 14.3 Å². The number of fused-ring (bicyclic) bond motifs is 2. The Bertz CT molecular complexity index is 1100. The maximum absolute atomic E-state index is 12.7. The molecule has 2 aliphatic heterocycles. The Balaban J connectivity index is 1.11. The minimum absolute atomic E-state index is 0.0269. The van der Waals surface area contributed by atoms with Crippen LogP contribution >= 0.6 is 0 Å². The zero-order chi connectivity index (χ0) is 21.9. The predicted molar refractivity (Wildman–Crippen MR) is 125 cm³/mol. The van der Waals surface area contributed by atoms with Crippen LogP contribution in [0.25, 0.3) is 10.8 Å². The first-order valence-corrected chi connectivity index (χ1v) is 11.3. The number of hydrogen-bond acceptors (Lipinski definition) is 5. The van der Waals surface area contributed by atoms with Crippen molar-refractivity contribution in [2.24, 2.45) is 0 Å². The molecule has 3 aromatic carbocycles. The first kappa shape index (κ1) is 20.8. The van der Waals surface area contributed by atoms with E-state index in [-0.39, 0.29) is 11.9 Å². The molecular weight excluding hydrogens is 402 g/mol. The van der Waals surface area contributed by atoms with Gasteiger partial charge in [0, 0.05) is 32.7 Å². The molecule has 0 aliphatic carbocycles. The van der Waals surface area contributed by atoms with Crippen molar-refractivity contribution >= 4 is 16.7 Å². The second-order valence-corrected chi connectivity index (χ2v) is 8.60. The van der Waals surface area contributed by atoms with Gasteiger partial charge in [0.1, 0.15) is 0 Å². The highest BCUT2D eigenvalue weighted by Crippen LogP contribution is 2.33. The molecule has 1 N–H and O–H groups in total. The molecule has 1 fully saturated rings. The van der Waals surface area contributed by atoms with Crippen molar-refractivity contribution in [3.8, 4) is 11.5 Å². The summed E-state index contributed by atoms with van der Waals surface area (Å²) in [5, 5.41) is 5.58. The van der Waals surface area contributed by atoms with Gasteiger partial charge >= 0.3 is 0 Å². The molecular formula is C26H29N3O3. The van der Waals surface area contributed by atoms with Crippen LogP contribution in [-0.4, -0.2) is 55.2 Å². The highest BCUT2D eigenvalue weighted by atomic mass is 16.7. The first-order valence-electron chi connectivity index (χ1n) is 11.3. The van der Waals surface area contributed by atoms with E-state index in [9.17, 15) is 4.79 Å². The molecule has 1 saturated heterocycles. The van der Waals surface area contributed by atoms with Gasteiger partial charge < -0.3 is 14.8 Å². The molecule has 1 amide bonds. The third-order valence-electron chi connectivity index (χ3n) is 6.34. The van der Waals surface area contributed by atoms with E-state index in [2.05, 4.69) is 64.5 Å². The topological polar surface area (TPSA) is 54.0 Å². The molecule has 0 spiro atoms. The van der Waals surface area contributed by atoms with Gasteiger partial charge in [-0.3, -0.25) is 14.6 Å². The minimum Gasteiger partial charge on any atom is -0.454 e. The molecule has 6 heteroatoms. The Morgan fingerprint density at radius 1 is 0.938 bits per heavy atom. The van der Waals surface area contributed by atoms with Crippen LogP contribution in [0.5, 0.6) is 11.5 Å². The minimum atomic E-state index is -0.0269. The van der Waals surface area contributed by atoms with E-state index >= 15 is 0 Å². The average molecular weight is 432 g/mol. The first-order chi connectivity index (χ1) is 15.7. The molecule has 2 heterocycles. The van der Waals surface area contributed by atoms with E-state index < -0.39 is 0 Å². The average Bonchev–Trinajstić information content (AvgIpc) is 3.28. The number of amides is 1. The monoisotopic (exact) mass is 431 g/mol. The largest absolute Gasteiger partial charge is 0.454 e. The molecule has 1 unspecified atom stereocenters. The summed E-state index contributed by atoms with van der Waals surface area (Å²) in [6.07, 6.45) is 0. The summed E-state index contributed by atoms with van der Waals surface area (Å²) in [5.74, 6) is 1.73. The van der Waals surface area contributed by atoms with Crippen LogP contribution in [0.15, 0.2) is 60.7 Å². The van der Waals surface area contributed by atoms with Crippen LogP contribution in [0.4, 0.5) is 0 Å². The van der Waals surface area contributed by atoms with Crippen molar-refractivity contribution in [1.29, 1.82) is 0 Å². The molecule has 0 saturated carbocycles. The standard InChI is InChI=1S/C26H29N3O3/c1-19(22-8-4-6-21-5-2-3-7-23(21)22)27-26(30)17-29-13-11-28(12-14-29)16-20-9-10-24-25(15-20)32-18-31-24/h2-10,15,19H,11-14,16-18H2,1H3,(H,27,30). The number of carbonyl (C=O) groups is 1. The van der Waals surface area contributed by atoms with E-state index in [4.69, 9.17) is 9.47 Å². The maximum Gasteiger partial charge on any atom is 0.234 e. The SMILES string of the molecule is CC(NC(=O)CN1CCN(Cc2ccc3c(c2)OCO3)CC1)c1cccc2ccccc12. The fourth-order valence-electron chi connectivity index (χ4n) is 4.60. The van der Waals surface area contributed by atoms with Crippen molar-refractivity contribution in [1.82, 2.24) is 15.1 Å². The molecule has 166 valence electrons. The predicted octanol–water partition coefficient (Wildman–Crippen LogP) is 3.56. The van der Waals surface area contributed by atoms with Gasteiger partial charge in [0.15, 0.2) is 11.5 Å². The van der Waals surface area contributed by atoms with Gasteiger partial charge in [0.25, 0.3) is 0 Å². The number of nitrogens with one attached hydrogen (secondary N) is 1. The van der Waals surface area contributed by atoms with Gasteiger partial charge in [-0.15, -0.1) is 0 Å². The molecule has 2 aliphatic rings. The van der Waals surface area contributed by atoms with E-state index in [1.807, 2.05) is 18.2 Å². The smallest absolute Gasteiger partial charge is 0.234 e. The number of benzene rings is 3. The molecule has 0 radical (unpaired) electrons. The lowest BCUT2D eigenvalue weighted by Gasteiger charge is -2.34. The zero-order valence-corrected chi connectivity index (χ0v) is 18.4. The Morgan fingerprint density at radius 2 is 1.69 bits per heavy atom. The van der Waals surface area contributed by atoms with Crippen LogP contribution in [0.1, 0.15) is 24.1 Å². The number of carbonyl (C=O) groups excluding carboxylic acids is 1. The highest BCUT2D eigenvalue weighted by molar-refractivity contribution is 5.87. The number of nitrogens with zero attached hydrogens (tertiary/aromatic N) is 2. The Hall–Kier alpha value is -3.09.